The summed E-state index contributed by atoms with van der Waals surface area (Å²) in [4.78, 5) is 0. The summed E-state index contributed by atoms with van der Waals surface area (Å²) in [5.41, 5.74) is 2.69. The zero-order chi connectivity index (χ0) is 13.2. The highest BCUT2D eigenvalue weighted by molar-refractivity contribution is 7.79. The molecule has 1 aromatic rings. The molecule has 0 unspecified atom stereocenters. The van der Waals surface area contributed by atoms with Crippen LogP contribution in [0, 0.1) is 5.92 Å². The number of hydrogen-bond donors (Lipinski definition) is 1. The summed E-state index contributed by atoms with van der Waals surface area (Å²) in [5, 5.41) is 0.793. The molecule has 0 radical (unpaired) electrons. The number of nitrogens with zero attached hydrogens (tertiary/aromatic N) is 1. The second-order valence-corrected chi connectivity index (χ2v) is 6.22. The minimum absolute atomic E-state index is 0.122. The Morgan fingerprint density at radius 3 is 2.33 bits per heavy atom. The molecule has 0 N–H and O–H groups in total. The molecule has 0 amide bonds. The van der Waals surface area contributed by atoms with Gasteiger partial charge in [-0.25, -0.2) is 4.40 Å². The summed E-state index contributed by atoms with van der Waals surface area (Å²) in [7, 11) is 0. The van der Waals surface area contributed by atoms with Gasteiger partial charge in [-0.1, -0.05) is 44.0 Å². The van der Waals surface area contributed by atoms with Crippen LogP contribution in [-0.2, 0) is 5.41 Å². The maximum atomic E-state index is 5.98. The molecular formula is C15H20ClNS. The van der Waals surface area contributed by atoms with Crippen LogP contribution in [0.5, 0.6) is 0 Å². The van der Waals surface area contributed by atoms with Gasteiger partial charge < -0.3 is 0 Å². The predicted octanol–water partition coefficient (Wildman–Crippen LogP) is 5.09. The molecule has 0 atom stereocenters. The fourth-order valence-corrected chi connectivity index (χ4v) is 3.16. The molecule has 1 aliphatic carbocycles. The first-order valence-corrected chi connectivity index (χ1v) is 7.34. The maximum absolute atomic E-state index is 5.98. The van der Waals surface area contributed by atoms with E-state index in [0.29, 0.717) is 5.92 Å². The molecular weight excluding hydrogens is 262 g/mol. The van der Waals surface area contributed by atoms with Crippen LogP contribution in [0.1, 0.15) is 45.1 Å². The molecule has 0 heterocycles. The Balaban J connectivity index is 2.32. The maximum Gasteiger partial charge on any atom is 0.0406 e. The molecule has 0 aliphatic heterocycles. The van der Waals surface area contributed by atoms with Gasteiger partial charge in [-0.15, -0.1) is 0 Å². The van der Waals surface area contributed by atoms with Crippen molar-refractivity contribution in [2.24, 2.45) is 10.3 Å². The Bertz CT molecular complexity index is 432. The molecule has 0 spiro atoms. The van der Waals surface area contributed by atoms with Crippen molar-refractivity contribution in [2.45, 2.75) is 44.9 Å². The molecule has 18 heavy (non-hydrogen) atoms. The van der Waals surface area contributed by atoms with Crippen molar-refractivity contribution >= 4 is 30.1 Å². The monoisotopic (exact) mass is 281 g/mol. The van der Waals surface area contributed by atoms with E-state index in [0.717, 1.165) is 11.4 Å². The van der Waals surface area contributed by atoms with E-state index in [4.69, 9.17) is 11.6 Å². The van der Waals surface area contributed by atoms with E-state index in [-0.39, 0.29) is 5.41 Å². The van der Waals surface area contributed by atoms with E-state index in [2.05, 4.69) is 43.2 Å². The van der Waals surface area contributed by atoms with E-state index < -0.39 is 0 Å². The zero-order valence-electron chi connectivity index (χ0n) is 11.0. The summed E-state index contributed by atoms with van der Waals surface area (Å²) >= 11 is 10.2. The highest BCUT2D eigenvalue weighted by atomic mass is 35.5. The van der Waals surface area contributed by atoms with Gasteiger partial charge in [-0.05, 0) is 55.7 Å². The van der Waals surface area contributed by atoms with Crippen molar-refractivity contribution in [1.82, 2.24) is 0 Å². The second kappa shape index (κ2) is 5.66. The molecule has 1 fully saturated rings. The van der Waals surface area contributed by atoms with Crippen LogP contribution < -0.4 is 0 Å². The lowest BCUT2D eigenvalue weighted by Crippen LogP contribution is -2.42. The number of benzene rings is 1. The quantitative estimate of drug-likeness (QED) is 0.583. The van der Waals surface area contributed by atoms with E-state index >= 15 is 0 Å². The topological polar surface area (TPSA) is 12.4 Å². The van der Waals surface area contributed by atoms with Crippen molar-refractivity contribution < 1.29 is 0 Å². The van der Waals surface area contributed by atoms with E-state index in [1.807, 2.05) is 12.1 Å². The van der Waals surface area contributed by atoms with Crippen LogP contribution in [0.25, 0.3) is 0 Å². The lowest BCUT2D eigenvalue weighted by molar-refractivity contribution is 0.333. The summed E-state index contributed by atoms with van der Waals surface area (Å²) in [6.07, 6.45) is 4.65. The minimum atomic E-state index is 0.122. The summed E-state index contributed by atoms with van der Waals surface area (Å²) in [5.74, 6) is 0.612. The van der Waals surface area contributed by atoms with Crippen LogP contribution in [0.2, 0.25) is 5.02 Å². The summed E-state index contributed by atoms with van der Waals surface area (Å²) in [6, 6.07) is 8.23. The van der Waals surface area contributed by atoms with Gasteiger partial charge in [0.05, 0.1) is 0 Å². The van der Waals surface area contributed by atoms with Crippen molar-refractivity contribution in [3.8, 4) is 0 Å². The Labute approximate surface area is 120 Å². The molecule has 1 saturated carbocycles. The van der Waals surface area contributed by atoms with Gasteiger partial charge in [0.2, 0.25) is 0 Å². The van der Waals surface area contributed by atoms with Crippen LogP contribution in [-0.4, -0.2) is 5.71 Å². The third kappa shape index (κ3) is 2.60. The van der Waals surface area contributed by atoms with Crippen LogP contribution in [0.15, 0.2) is 28.7 Å². The minimum Gasteiger partial charge on any atom is -0.228 e. The van der Waals surface area contributed by atoms with Gasteiger partial charge in [0.1, 0.15) is 0 Å². The van der Waals surface area contributed by atoms with Gasteiger partial charge in [0.15, 0.2) is 0 Å². The average Bonchev–Trinajstić information content (AvgIpc) is 2.28. The molecule has 98 valence electrons. The molecule has 0 bridgehead atoms. The van der Waals surface area contributed by atoms with Gasteiger partial charge >= 0.3 is 0 Å². The summed E-state index contributed by atoms with van der Waals surface area (Å²) < 4.78 is 4.30. The highest BCUT2D eigenvalue weighted by Gasteiger charge is 2.43. The third-order valence-corrected chi connectivity index (χ3v) is 4.37. The van der Waals surface area contributed by atoms with E-state index in [9.17, 15) is 0 Å². The van der Waals surface area contributed by atoms with Crippen LogP contribution >= 0.6 is 24.4 Å². The fourth-order valence-electron chi connectivity index (χ4n) is 2.76. The first-order chi connectivity index (χ1) is 8.58. The molecule has 0 aromatic heterocycles. The van der Waals surface area contributed by atoms with Crippen LogP contribution in [0.4, 0.5) is 0 Å². The lowest BCUT2D eigenvalue weighted by atomic mass is 9.60. The fraction of sp³-hybridized carbons (Fsp3) is 0.533. The third-order valence-electron chi connectivity index (χ3n) is 3.88. The van der Waals surface area contributed by atoms with Crippen LogP contribution in [0.3, 0.4) is 0 Å². The molecule has 1 aromatic carbocycles. The largest absolute Gasteiger partial charge is 0.228 e. The molecule has 2 rings (SSSR count). The highest BCUT2D eigenvalue weighted by Crippen LogP contribution is 2.46. The first-order valence-electron chi connectivity index (χ1n) is 6.56. The lowest BCUT2D eigenvalue weighted by Gasteiger charge is -2.44. The number of thiol groups is 1. The Morgan fingerprint density at radius 1 is 1.33 bits per heavy atom. The SMILES string of the molecule is CC(C)C/C(=N\S)C1(c2ccc(Cl)cc2)CCC1. The number of rotatable bonds is 4. The standard InChI is InChI=1S/C15H20ClNS/c1-11(2)10-14(17-18)15(8-3-9-15)12-4-6-13(16)7-5-12/h4-7,11,18H,3,8-10H2,1-2H3/b17-14+. The number of hydrogen-bond acceptors (Lipinski definition) is 2. The Kier molecular flexibility index (Phi) is 4.39. The van der Waals surface area contributed by atoms with E-state index in [1.165, 1.54) is 30.5 Å². The Hall–Kier alpha value is -0.470. The summed E-state index contributed by atoms with van der Waals surface area (Å²) in [6.45, 7) is 4.46. The normalized spacial score (nSPS) is 18.8. The first kappa shape index (κ1) is 14.0. The molecule has 0 saturated heterocycles. The number of halogens is 1. The van der Waals surface area contributed by atoms with Crippen molar-refractivity contribution in [1.29, 1.82) is 0 Å². The predicted molar refractivity (Wildman–Crippen MR) is 82.9 cm³/mol. The average molecular weight is 282 g/mol. The smallest absolute Gasteiger partial charge is 0.0406 e. The van der Waals surface area contributed by atoms with Crippen molar-refractivity contribution in [2.75, 3.05) is 0 Å². The zero-order valence-corrected chi connectivity index (χ0v) is 12.6. The van der Waals surface area contributed by atoms with E-state index in [1.54, 1.807) is 0 Å². The Morgan fingerprint density at radius 2 is 1.94 bits per heavy atom. The molecule has 1 nitrogen and oxygen atoms in total. The molecule has 3 heteroatoms. The van der Waals surface area contributed by atoms with Gasteiger partial charge in [0.25, 0.3) is 0 Å². The van der Waals surface area contributed by atoms with Gasteiger partial charge in [0, 0.05) is 16.1 Å². The van der Waals surface area contributed by atoms with Crippen molar-refractivity contribution in [3.05, 3.63) is 34.9 Å². The van der Waals surface area contributed by atoms with Gasteiger partial charge in [-0.2, -0.15) is 0 Å². The van der Waals surface area contributed by atoms with Crippen molar-refractivity contribution in [3.63, 3.8) is 0 Å². The second-order valence-electron chi connectivity index (χ2n) is 5.59. The molecule has 1 aliphatic rings. The van der Waals surface area contributed by atoms with Gasteiger partial charge in [-0.3, -0.25) is 0 Å².